The van der Waals surface area contributed by atoms with E-state index in [2.05, 4.69) is 10.3 Å². The van der Waals surface area contributed by atoms with Gasteiger partial charge in [0.1, 0.15) is 18.2 Å². The molecule has 42 heavy (non-hydrogen) atoms. The summed E-state index contributed by atoms with van der Waals surface area (Å²) < 4.78 is 5.50. The molecular formula is C31H31N5O5S. The highest BCUT2D eigenvalue weighted by atomic mass is 32.2. The number of amides is 2. The van der Waals surface area contributed by atoms with Crippen LogP contribution in [0.1, 0.15) is 24.9 Å². The fourth-order valence-corrected chi connectivity index (χ4v) is 9.29. The van der Waals surface area contributed by atoms with Crippen molar-refractivity contribution in [2.75, 3.05) is 19.8 Å². The zero-order valence-electron chi connectivity index (χ0n) is 23.1. The van der Waals surface area contributed by atoms with Crippen LogP contribution in [-0.2, 0) is 25.8 Å². The first kappa shape index (κ1) is 26.9. The van der Waals surface area contributed by atoms with Crippen molar-refractivity contribution in [1.29, 1.82) is 0 Å². The second kappa shape index (κ2) is 10.1. The zero-order chi connectivity index (χ0) is 29.1. The number of para-hydroxylation sites is 1. The van der Waals surface area contributed by atoms with Crippen molar-refractivity contribution < 1.29 is 24.2 Å². The molecule has 216 valence electrons. The number of fused-ring (bicyclic) bond motifs is 3. The monoisotopic (exact) mass is 585 g/mol. The Bertz CT molecular complexity index is 1620. The fourth-order valence-electron chi connectivity index (χ4n) is 7.15. The van der Waals surface area contributed by atoms with E-state index >= 15 is 0 Å². The molecule has 0 radical (unpaired) electrons. The van der Waals surface area contributed by atoms with Crippen molar-refractivity contribution in [3.8, 4) is 0 Å². The lowest BCUT2D eigenvalue weighted by atomic mass is 9.74. The largest absolute Gasteiger partial charge is 0.465 e. The smallest absolute Gasteiger partial charge is 0.311 e. The summed E-state index contributed by atoms with van der Waals surface area (Å²) in [6, 6.07) is 15.0. The van der Waals surface area contributed by atoms with Gasteiger partial charge in [0.15, 0.2) is 0 Å². The Hall–Kier alpha value is -3.96. The Balaban J connectivity index is 1.36. The summed E-state index contributed by atoms with van der Waals surface area (Å²) in [5, 5.41) is 19.2. The number of ether oxygens (including phenoxy) is 1. The van der Waals surface area contributed by atoms with Gasteiger partial charge in [0, 0.05) is 11.3 Å². The van der Waals surface area contributed by atoms with E-state index in [-0.39, 0.29) is 38.2 Å². The minimum absolute atomic E-state index is 0.130. The van der Waals surface area contributed by atoms with Crippen LogP contribution in [0, 0.1) is 11.8 Å². The van der Waals surface area contributed by atoms with Crippen LogP contribution in [0.25, 0.3) is 11.0 Å². The van der Waals surface area contributed by atoms with Crippen molar-refractivity contribution >= 4 is 40.6 Å². The number of carbonyl (C=O) groups excluding carboxylic acids is 3. The van der Waals surface area contributed by atoms with Gasteiger partial charge in [-0.2, -0.15) is 0 Å². The van der Waals surface area contributed by atoms with Crippen molar-refractivity contribution in [1.82, 2.24) is 24.8 Å². The molecule has 10 nitrogen and oxygen atoms in total. The maximum absolute atomic E-state index is 14.8. The van der Waals surface area contributed by atoms with E-state index in [0.29, 0.717) is 12.0 Å². The van der Waals surface area contributed by atoms with E-state index in [1.165, 1.54) is 16.7 Å². The van der Waals surface area contributed by atoms with Gasteiger partial charge in [0.05, 0.1) is 41.4 Å². The van der Waals surface area contributed by atoms with Gasteiger partial charge >= 0.3 is 5.97 Å². The van der Waals surface area contributed by atoms with Gasteiger partial charge in [-0.05, 0) is 31.0 Å². The molecule has 1 unspecified atom stereocenters. The van der Waals surface area contributed by atoms with Gasteiger partial charge in [-0.25, -0.2) is 4.68 Å². The van der Waals surface area contributed by atoms with Crippen LogP contribution < -0.4 is 0 Å². The highest BCUT2D eigenvalue weighted by Crippen LogP contribution is 2.66. The summed E-state index contributed by atoms with van der Waals surface area (Å²) in [4.78, 5) is 46.2. The van der Waals surface area contributed by atoms with Gasteiger partial charge in [0.2, 0.25) is 11.8 Å². The van der Waals surface area contributed by atoms with Crippen LogP contribution in [0.3, 0.4) is 0 Å². The highest BCUT2D eigenvalue weighted by Gasteiger charge is 2.74. The summed E-state index contributed by atoms with van der Waals surface area (Å²) >= 11 is 1.48. The Labute approximate surface area is 247 Å². The maximum Gasteiger partial charge on any atom is 0.311 e. The van der Waals surface area contributed by atoms with E-state index in [1.54, 1.807) is 9.58 Å². The number of hydrogen-bond donors (Lipinski definition) is 1. The first-order valence-corrected chi connectivity index (χ1v) is 15.0. The Kier molecular flexibility index (Phi) is 6.47. The molecule has 5 heterocycles. The first-order valence-electron chi connectivity index (χ1n) is 14.2. The number of thioether (sulfide) groups is 1. The number of aromatic nitrogens is 3. The third-order valence-corrected chi connectivity index (χ3v) is 10.8. The minimum Gasteiger partial charge on any atom is -0.465 e. The molecule has 2 amide bonds. The van der Waals surface area contributed by atoms with Gasteiger partial charge in [-0.1, -0.05) is 72.0 Å². The molecular weight excluding hydrogens is 554 g/mol. The molecule has 11 heteroatoms. The molecule has 6 atom stereocenters. The average Bonchev–Trinajstić information content (AvgIpc) is 3.55. The summed E-state index contributed by atoms with van der Waals surface area (Å²) in [5.41, 5.74) is 2.22. The lowest BCUT2D eigenvalue weighted by molar-refractivity contribution is -0.155. The van der Waals surface area contributed by atoms with Gasteiger partial charge in [0.25, 0.3) is 0 Å². The molecule has 1 spiro atoms. The summed E-state index contributed by atoms with van der Waals surface area (Å²) in [7, 11) is 0. The minimum atomic E-state index is -1.05. The molecule has 7 rings (SSSR count). The van der Waals surface area contributed by atoms with Crippen molar-refractivity contribution in [2.24, 2.45) is 11.8 Å². The second-order valence-electron chi connectivity index (χ2n) is 11.4. The molecule has 0 saturated carbocycles. The topological polar surface area (TPSA) is 118 Å². The van der Waals surface area contributed by atoms with Gasteiger partial charge in [-0.15, -0.1) is 16.9 Å². The van der Waals surface area contributed by atoms with Crippen molar-refractivity contribution in [3.05, 3.63) is 84.5 Å². The fraction of sp³-hybridized carbons (Fsp3) is 0.387. The van der Waals surface area contributed by atoms with Crippen LogP contribution in [0.2, 0.25) is 0 Å². The molecule has 2 saturated heterocycles. The molecule has 2 aromatic carbocycles. The molecule has 0 aliphatic carbocycles. The normalized spacial score (nSPS) is 31.3. The third-order valence-electron chi connectivity index (χ3n) is 8.96. The predicted octanol–water partition coefficient (Wildman–Crippen LogP) is 2.71. The number of hydrogen-bond acceptors (Lipinski definition) is 8. The van der Waals surface area contributed by atoms with Crippen molar-refractivity contribution in [3.63, 3.8) is 0 Å². The molecule has 4 aliphatic heterocycles. The van der Waals surface area contributed by atoms with Crippen LogP contribution in [0.15, 0.2) is 78.9 Å². The Morgan fingerprint density at radius 2 is 1.81 bits per heavy atom. The van der Waals surface area contributed by atoms with Gasteiger partial charge in [-0.3, -0.25) is 14.4 Å². The number of likely N-dealkylation sites (tertiary alicyclic amines) is 1. The SMILES string of the molecule is C[C@]12C=CCCOC(=O)[C@H]1[C@H]1C(=O)N([C@H](CO)c3ccccc3)C3C(=O)N(Cn4nnc5ccccc54)CC=C[C@@]31S2. The predicted molar refractivity (Wildman–Crippen MR) is 156 cm³/mol. The zero-order valence-corrected chi connectivity index (χ0v) is 23.9. The second-order valence-corrected chi connectivity index (χ2v) is 13.2. The Morgan fingerprint density at radius 1 is 1.02 bits per heavy atom. The summed E-state index contributed by atoms with van der Waals surface area (Å²) in [6.07, 6.45) is 8.46. The highest BCUT2D eigenvalue weighted by molar-refractivity contribution is 8.02. The van der Waals surface area contributed by atoms with Crippen molar-refractivity contribution in [2.45, 2.75) is 41.6 Å². The summed E-state index contributed by atoms with van der Waals surface area (Å²) in [6.45, 7) is 2.24. The standard InChI is InChI=1S/C31H31N5O5S/c1-30-14-7-8-17-41-29(40)25(30)24-27(38)36(23(18-37)20-10-3-2-4-11-20)26-28(39)34(16-9-15-31(24,26)42-30)19-35-22-13-6-5-12-21(22)32-33-35/h2-7,9-15,23-26,37H,8,16-19H2,1H3/t23-,24+,25-,26?,30+,31+/m1/s1. The number of aliphatic hydroxyl groups excluding tert-OH is 1. The van der Waals surface area contributed by atoms with E-state index in [1.807, 2.05) is 85.8 Å². The number of nitrogens with zero attached hydrogens (tertiary/aromatic N) is 5. The van der Waals surface area contributed by atoms with Crippen LogP contribution in [-0.4, -0.2) is 83.0 Å². The van der Waals surface area contributed by atoms with E-state index in [0.717, 1.165) is 11.0 Å². The van der Waals surface area contributed by atoms with E-state index in [4.69, 9.17) is 4.74 Å². The van der Waals surface area contributed by atoms with E-state index < -0.39 is 39.4 Å². The lowest BCUT2D eigenvalue weighted by Crippen LogP contribution is -2.54. The number of esters is 1. The molecule has 1 N–H and O–H groups in total. The third kappa shape index (κ3) is 3.94. The number of carbonyl (C=O) groups is 3. The first-order chi connectivity index (χ1) is 20.4. The molecule has 0 bridgehead atoms. The number of benzene rings is 2. The van der Waals surface area contributed by atoms with Crippen LogP contribution in [0.5, 0.6) is 0 Å². The lowest BCUT2D eigenvalue weighted by Gasteiger charge is -2.40. The quantitative estimate of drug-likeness (QED) is 0.359. The number of rotatable bonds is 5. The van der Waals surface area contributed by atoms with Crippen LogP contribution >= 0.6 is 11.8 Å². The summed E-state index contributed by atoms with van der Waals surface area (Å²) in [5.74, 6) is -2.68. The van der Waals surface area contributed by atoms with Gasteiger partial charge < -0.3 is 19.6 Å². The molecule has 2 fully saturated rings. The average molecular weight is 586 g/mol. The maximum atomic E-state index is 14.8. The number of aliphatic hydroxyl groups is 1. The molecule has 4 aliphatic rings. The molecule has 1 aromatic heterocycles. The number of cyclic esters (lactones) is 1. The molecule has 3 aromatic rings. The Morgan fingerprint density at radius 3 is 2.62 bits per heavy atom. The van der Waals surface area contributed by atoms with Crippen LogP contribution in [0.4, 0.5) is 0 Å². The van der Waals surface area contributed by atoms with E-state index in [9.17, 15) is 19.5 Å².